The SMILES string of the molecule is C#CCNC(=NC)NCCc1cc(C)ccc1OC. The van der Waals surface area contributed by atoms with E-state index in [1.54, 1.807) is 14.2 Å². The zero-order valence-electron chi connectivity index (χ0n) is 11.8. The molecule has 0 fully saturated rings. The standard InChI is InChI=1S/C15H21N3O/c1-5-9-17-15(16-3)18-10-8-13-11-12(2)6-7-14(13)19-4/h1,6-7,11H,8-10H2,2-4H3,(H2,16,17,18). The maximum absolute atomic E-state index is 5.35. The van der Waals surface area contributed by atoms with Crippen molar-refractivity contribution in [3.8, 4) is 18.1 Å². The summed E-state index contributed by atoms with van der Waals surface area (Å²) in [5.41, 5.74) is 2.41. The second kappa shape index (κ2) is 8.04. The van der Waals surface area contributed by atoms with Gasteiger partial charge in [0.1, 0.15) is 5.75 Å². The number of benzene rings is 1. The maximum Gasteiger partial charge on any atom is 0.191 e. The highest BCUT2D eigenvalue weighted by Gasteiger charge is 2.03. The van der Waals surface area contributed by atoms with Crippen LogP contribution in [0, 0.1) is 19.3 Å². The Morgan fingerprint density at radius 2 is 2.21 bits per heavy atom. The molecule has 1 aromatic carbocycles. The first-order valence-electron chi connectivity index (χ1n) is 6.22. The lowest BCUT2D eigenvalue weighted by atomic mass is 10.1. The summed E-state index contributed by atoms with van der Waals surface area (Å²) in [6.45, 7) is 3.31. The third-order valence-corrected chi connectivity index (χ3v) is 2.70. The summed E-state index contributed by atoms with van der Waals surface area (Å²) in [6, 6.07) is 6.18. The van der Waals surface area contributed by atoms with Crippen molar-refractivity contribution in [2.24, 2.45) is 4.99 Å². The molecule has 0 unspecified atom stereocenters. The fraction of sp³-hybridized carbons (Fsp3) is 0.400. The third kappa shape index (κ3) is 4.92. The Morgan fingerprint density at radius 1 is 1.42 bits per heavy atom. The average Bonchev–Trinajstić information content (AvgIpc) is 2.43. The van der Waals surface area contributed by atoms with Gasteiger partial charge in [-0.25, -0.2) is 0 Å². The lowest BCUT2D eigenvalue weighted by Gasteiger charge is -2.12. The van der Waals surface area contributed by atoms with E-state index in [1.165, 1.54) is 11.1 Å². The van der Waals surface area contributed by atoms with Gasteiger partial charge in [0.25, 0.3) is 0 Å². The number of hydrogen-bond acceptors (Lipinski definition) is 2. The van der Waals surface area contributed by atoms with Gasteiger partial charge in [0.15, 0.2) is 5.96 Å². The first kappa shape index (κ1) is 14.9. The second-order valence-electron chi connectivity index (χ2n) is 4.12. The van der Waals surface area contributed by atoms with Crippen LogP contribution in [-0.2, 0) is 6.42 Å². The van der Waals surface area contributed by atoms with E-state index in [0.29, 0.717) is 12.5 Å². The van der Waals surface area contributed by atoms with Gasteiger partial charge in [-0.05, 0) is 25.0 Å². The van der Waals surface area contributed by atoms with Gasteiger partial charge in [-0.2, -0.15) is 0 Å². The molecule has 4 nitrogen and oxygen atoms in total. The number of aryl methyl sites for hydroxylation is 1. The highest BCUT2D eigenvalue weighted by Crippen LogP contribution is 2.19. The number of rotatable bonds is 5. The molecule has 0 saturated heterocycles. The largest absolute Gasteiger partial charge is 0.496 e. The van der Waals surface area contributed by atoms with Crippen molar-refractivity contribution < 1.29 is 4.74 Å². The van der Waals surface area contributed by atoms with Gasteiger partial charge in [0.05, 0.1) is 13.7 Å². The molecule has 0 aliphatic rings. The maximum atomic E-state index is 5.35. The summed E-state index contributed by atoms with van der Waals surface area (Å²) >= 11 is 0. The minimum Gasteiger partial charge on any atom is -0.496 e. The Hall–Kier alpha value is -2.15. The molecule has 0 atom stereocenters. The topological polar surface area (TPSA) is 45.7 Å². The lowest BCUT2D eigenvalue weighted by Crippen LogP contribution is -2.38. The predicted molar refractivity (Wildman–Crippen MR) is 79.6 cm³/mol. The van der Waals surface area contributed by atoms with Gasteiger partial charge in [0.2, 0.25) is 0 Å². The van der Waals surface area contributed by atoms with E-state index in [0.717, 1.165) is 18.7 Å². The Morgan fingerprint density at radius 3 is 2.84 bits per heavy atom. The zero-order valence-corrected chi connectivity index (χ0v) is 11.8. The summed E-state index contributed by atoms with van der Waals surface area (Å²) in [5, 5.41) is 6.23. The van der Waals surface area contributed by atoms with Crippen molar-refractivity contribution in [3.63, 3.8) is 0 Å². The highest BCUT2D eigenvalue weighted by atomic mass is 16.5. The molecule has 2 N–H and O–H groups in total. The average molecular weight is 259 g/mol. The molecule has 0 amide bonds. The molecule has 4 heteroatoms. The number of ether oxygens (including phenoxy) is 1. The third-order valence-electron chi connectivity index (χ3n) is 2.70. The molecule has 19 heavy (non-hydrogen) atoms. The molecule has 102 valence electrons. The Kier molecular flexibility index (Phi) is 6.31. The van der Waals surface area contributed by atoms with Crippen LogP contribution in [0.4, 0.5) is 0 Å². The van der Waals surface area contributed by atoms with Crippen LogP contribution in [0.25, 0.3) is 0 Å². The van der Waals surface area contributed by atoms with Crippen molar-refractivity contribution >= 4 is 5.96 Å². The summed E-state index contributed by atoms with van der Waals surface area (Å²) in [7, 11) is 3.41. The van der Waals surface area contributed by atoms with Crippen LogP contribution in [0.5, 0.6) is 5.75 Å². The van der Waals surface area contributed by atoms with E-state index in [9.17, 15) is 0 Å². The molecule has 0 bridgehead atoms. The molecule has 1 rings (SSSR count). The van der Waals surface area contributed by atoms with Crippen molar-refractivity contribution in [1.29, 1.82) is 0 Å². The summed E-state index contributed by atoms with van der Waals surface area (Å²) < 4.78 is 5.35. The van der Waals surface area contributed by atoms with Gasteiger partial charge in [-0.15, -0.1) is 6.42 Å². The summed E-state index contributed by atoms with van der Waals surface area (Å²) in [6.07, 6.45) is 6.06. The van der Waals surface area contributed by atoms with Gasteiger partial charge in [-0.1, -0.05) is 23.6 Å². The van der Waals surface area contributed by atoms with Gasteiger partial charge in [-0.3, -0.25) is 4.99 Å². The predicted octanol–water partition coefficient (Wildman–Crippen LogP) is 1.34. The van der Waals surface area contributed by atoms with Crippen LogP contribution in [0.3, 0.4) is 0 Å². The Balaban J connectivity index is 2.53. The van der Waals surface area contributed by atoms with E-state index in [-0.39, 0.29) is 0 Å². The van der Waals surface area contributed by atoms with Crippen LogP contribution in [0.15, 0.2) is 23.2 Å². The smallest absolute Gasteiger partial charge is 0.191 e. The number of aliphatic imine (C=N–C) groups is 1. The van der Waals surface area contributed by atoms with Crippen LogP contribution < -0.4 is 15.4 Å². The minimum absolute atomic E-state index is 0.466. The van der Waals surface area contributed by atoms with E-state index in [1.807, 2.05) is 12.1 Å². The number of nitrogens with one attached hydrogen (secondary N) is 2. The molecule has 0 spiro atoms. The van der Waals surface area contributed by atoms with E-state index in [2.05, 4.69) is 34.5 Å². The molecular formula is C15H21N3O. The van der Waals surface area contributed by atoms with Gasteiger partial charge in [0, 0.05) is 13.6 Å². The molecular weight excluding hydrogens is 238 g/mol. The van der Waals surface area contributed by atoms with Gasteiger partial charge >= 0.3 is 0 Å². The molecule has 0 aromatic heterocycles. The number of guanidine groups is 1. The fourth-order valence-corrected chi connectivity index (χ4v) is 1.77. The molecule has 0 aliphatic heterocycles. The summed E-state index contributed by atoms with van der Waals surface area (Å²) in [5.74, 6) is 4.14. The summed E-state index contributed by atoms with van der Waals surface area (Å²) in [4.78, 5) is 4.08. The molecule has 0 radical (unpaired) electrons. The fourth-order valence-electron chi connectivity index (χ4n) is 1.77. The van der Waals surface area contributed by atoms with Crippen molar-refractivity contribution in [1.82, 2.24) is 10.6 Å². The quantitative estimate of drug-likeness (QED) is 0.476. The van der Waals surface area contributed by atoms with E-state index < -0.39 is 0 Å². The Labute approximate surface area is 115 Å². The van der Waals surface area contributed by atoms with Crippen LogP contribution in [0.2, 0.25) is 0 Å². The van der Waals surface area contributed by atoms with Crippen LogP contribution >= 0.6 is 0 Å². The van der Waals surface area contributed by atoms with Crippen molar-refractivity contribution in [2.45, 2.75) is 13.3 Å². The normalized spacial score (nSPS) is 10.7. The lowest BCUT2D eigenvalue weighted by molar-refractivity contribution is 0.409. The van der Waals surface area contributed by atoms with Crippen molar-refractivity contribution in [2.75, 3.05) is 27.2 Å². The molecule has 0 heterocycles. The van der Waals surface area contributed by atoms with E-state index >= 15 is 0 Å². The first-order chi connectivity index (χ1) is 9.21. The Bertz CT molecular complexity index is 475. The molecule has 0 aliphatic carbocycles. The molecule has 0 saturated carbocycles. The monoisotopic (exact) mass is 259 g/mol. The minimum atomic E-state index is 0.466. The number of methoxy groups -OCH3 is 1. The second-order valence-corrected chi connectivity index (χ2v) is 4.12. The zero-order chi connectivity index (χ0) is 14.1. The number of hydrogen-bond donors (Lipinski definition) is 2. The number of nitrogens with zero attached hydrogens (tertiary/aromatic N) is 1. The highest BCUT2D eigenvalue weighted by molar-refractivity contribution is 5.79. The number of terminal acetylenes is 1. The van der Waals surface area contributed by atoms with E-state index in [4.69, 9.17) is 11.2 Å². The van der Waals surface area contributed by atoms with Gasteiger partial charge < -0.3 is 15.4 Å². The molecule has 1 aromatic rings. The van der Waals surface area contributed by atoms with Crippen LogP contribution in [-0.4, -0.2) is 33.2 Å². The van der Waals surface area contributed by atoms with Crippen molar-refractivity contribution in [3.05, 3.63) is 29.3 Å². The first-order valence-corrected chi connectivity index (χ1v) is 6.22. The van der Waals surface area contributed by atoms with Crippen LogP contribution in [0.1, 0.15) is 11.1 Å².